The smallest absolute Gasteiger partial charge is 0.417 e. The molecule has 0 spiro atoms. The normalized spacial score (nSPS) is 24.4. The maximum absolute atomic E-state index is 14.8. The van der Waals surface area contributed by atoms with Gasteiger partial charge in [0.2, 0.25) is 11.8 Å². The minimum atomic E-state index is -4.86. The van der Waals surface area contributed by atoms with E-state index >= 15 is 0 Å². The number of nitrogens with two attached hydrogens (primary N) is 1. The third kappa shape index (κ3) is 4.41. The molecule has 0 unspecified atom stereocenters. The zero-order valence-corrected chi connectivity index (χ0v) is 20.8. The largest absolute Gasteiger partial charge is 0.480 e. The van der Waals surface area contributed by atoms with Gasteiger partial charge in [0.15, 0.2) is 11.4 Å². The fourth-order valence-electron chi connectivity index (χ4n) is 5.03. The van der Waals surface area contributed by atoms with Crippen molar-refractivity contribution in [3.8, 4) is 23.2 Å². The zero-order chi connectivity index (χ0) is 29.0. The van der Waals surface area contributed by atoms with E-state index in [0.29, 0.717) is 11.1 Å². The molecule has 2 amide bonds. The molecule has 3 aromatic rings. The Morgan fingerprint density at radius 1 is 1.27 bits per heavy atom. The Morgan fingerprint density at radius 3 is 2.65 bits per heavy atom. The molecule has 210 valence electrons. The Kier molecular flexibility index (Phi) is 6.49. The SMILES string of the molecule is COc1ncc(-c2c(C#N)cc3c(N)ncnn23)cc1C(=O)N[C@@H]1CN(C(=O)C2CC(O)(C(F)(F)F)C2)C[C@@H]1F. The summed E-state index contributed by atoms with van der Waals surface area (Å²) in [6, 6.07) is 3.72. The summed E-state index contributed by atoms with van der Waals surface area (Å²) in [5, 5.41) is 25.9. The molecule has 1 aliphatic carbocycles. The second-order valence-corrected chi connectivity index (χ2v) is 9.72. The van der Waals surface area contributed by atoms with E-state index in [4.69, 9.17) is 10.5 Å². The fraction of sp³-hybridized carbons (Fsp3) is 0.417. The highest BCUT2D eigenvalue weighted by molar-refractivity contribution is 5.98. The number of nitrogens with zero attached hydrogens (tertiary/aromatic N) is 6. The van der Waals surface area contributed by atoms with Crippen molar-refractivity contribution in [2.45, 2.75) is 36.8 Å². The molecule has 1 aliphatic heterocycles. The number of alkyl halides is 4. The number of fused-ring (bicyclic) bond motifs is 1. The van der Waals surface area contributed by atoms with Gasteiger partial charge in [0.25, 0.3) is 5.91 Å². The van der Waals surface area contributed by atoms with Gasteiger partial charge >= 0.3 is 6.18 Å². The molecule has 0 aromatic carbocycles. The Morgan fingerprint density at radius 2 is 2.00 bits per heavy atom. The first-order valence-electron chi connectivity index (χ1n) is 12.0. The zero-order valence-electron chi connectivity index (χ0n) is 20.8. The summed E-state index contributed by atoms with van der Waals surface area (Å²) in [4.78, 5) is 34.9. The number of hydrogen-bond acceptors (Lipinski definition) is 9. The number of likely N-dealkylation sites (tertiary alicyclic amines) is 1. The summed E-state index contributed by atoms with van der Waals surface area (Å²) < 4.78 is 60.2. The highest BCUT2D eigenvalue weighted by atomic mass is 19.4. The molecule has 0 bridgehead atoms. The van der Waals surface area contributed by atoms with Crippen LogP contribution in [0.25, 0.3) is 16.8 Å². The average Bonchev–Trinajstić information content (AvgIpc) is 3.46. The van der Waals surface area contributed by atoms with Crippen LogP contribution in [0.4, 0.5) is 23.4 Å². The lowest BCUT2D eigenvalue weighted by molar-refractivity contribution is -0.296. The number of nitrogen functional groups attached to an aromatic ring is 1. The molecule has 16 heteroatoms. The number of carbonyl (C=O) groups is 2. The summed E-state index contributed by atoms with van der Waals surface area (Å²) in [5.41, 5.74) is 3.95. The lowest BCUT2D eigenvalue weighted by Crippen LogP contribution is -2.58. The molecule has 12 nitrogen and oxygen atoms in total. The van der Waals surface area contributed by atoms with E-state index < -0.39 is 61.1 Å². The van der Waals surface area contributed by atoms with Gasteiger partial charge in [-0.25, -0.2) is 18.9 Å². The van der Waals surface area contributed by atoms with Crippen LogP contribution in [0.3, 0.4) is 0 Å². The predicted molar refractivity (Wildman–Crippen MR) is 128 cm³/mol. The quantitative estimate of drug-likeness (QED) is 0.387. The van der Waals surface area contributed by atoms with Crippen molar-refractivity contribution >= 4 is 23.1 Å². The highest BCUT2D eigenvalue weighted by Crippen LogP contribution is 2.49. The number of aromatic nitrogens is 4. The Balaban J connectivity index is 1.35. The number of nitrogens with one attached hydrogen (secondary N) is 1. The summed E-state index contributed by atoms with van der Waals surface area (Å²) in [5.74, 6) is -2.59. The van der Waals surface area contributed by atoms with Crippen molar-refractivity contribution < 1.29 is 37.0 Å². The van der Waals surface area contributed by atoms with Gasteiger partial charge in [-0.1, -0.05) is 0 Å². The molecule has 4 heterocycles. The van der Waals surface area contributed by atoms with Gasteiger partial charge in [-0.3, -0.25) is 9.59 Å². The maximum atomic E-state index is 14.8. The number of carbonyl (C=O) groups excluding carboxylic acids is 2. The van der Waals surface area contributed by atoms with Crippen LogP contribution in [0.5, 0.6) is 5.88 Å². The third-order valence-electron chi connectivity index (χ3n) is 7.21. The third-order valence-corrected chi connectivity index (χ3v) is 7.21. The number of anilines is 1. The number of ether oxygens (including phenoxy) is 1. The van der Waals surface area contributed by atoms with Gasteiger partial charge in [-0.15, -0.1) is 0 Å². The Hall–Kier alpha value is -4.52. The number of aliphatic hydroxyl groups is 1. The van der Waals surface area contributed by atoms with E-state index in [1.165, 1.54) is 36.3 Å². The summed E-state index contributed by atoms with van der Waals surface area (Å²) in [6.45, 7) is -0.705. The Labute approximate surface area is 223 Å². The topological polar surface area (TPSA) is 172 Å². The first-order valence-corrected chi connectivity index (χ1v) is 12.0. The molecular weight excluding hydrogens is 540 g/mol. The second-order valence-electron chi connectivity index (χ2n) is 9.72. The fourth-order valence-corrected chi connectivity index (χ4v) is 5.03. The molecule has 2 fully saturated rings. The molecule has 3 aromatic heterocycles. The van der Waals surface area contributed by atoms with Crippen molar-refractivity contribution in [1.29, 1.82) is 5.26 Å². The van der Waals surface area contributed by atoms with E-state index in [2.05, 4.69) is 20.4 Å². The summed E-state index contributed by atoms with van der Waals surface area (Å²) in [7, 11) is 1.27. The molecule has 2 aliphatic rings. The standard InChI is InChI=1S/C24H22F4N8O4/c1-40-21-14(2-12(7-31-21)18-11(6-29)3-17-19(30)32-10-33-36(17)18)20(37)34-16-9-35(8-15(16)25)22(38)13-4-23(39,5-13)24(26,27)28/h2-3,7,10,13,15-16,39H,4-5,8-9H2,1H3,(H,34,37)(H2,30,32,33)/t13?,15-,16+,23?/m0/s1. The minimum Gasteiger partial charge on any atom is -0.480 e. The first-order chi connectivity index (χ1) is 18.9. The van der Waals surface area contributed by atoms with Gasteiger partial charge < -0.3 is 25.8 Å². The first kappa shape index (κ1) is 27.1. The second kappa shape index (κ2) is 9.59. The van der Waals surface area contributed by atoms with Gasteiger partial charge in [-0.2, -0.15) is 23.5 Å². The van der Waals surface area contributed by atoms with Gasteiger partial charge in [0.05, 0.1) is 31.0 Å². The van der Waals surface area contributed by atoms with Crippen molar-refractivity contribution in [3.63, 3.8) is 0 Å². The number of hydrogen-bond donors (Lipinski definition) is 3. The summed E-state index contributed by atoms with van der Waals surface area (Å²) in [6.07, 6.45) is -5.62. The molecule has 4 N–H and O–H groups in total. The van der Waals surface area contributed by atoms with Crippen molar-refractivity contribution in [2.24, 2.45) is 5.92 Å². The van der Waals surface area contributed by atoms with Crippen LogP contribution in [0.15, 0.2) is 24.7 Å². The molecule has 2 atom stereocenters. The number of nitriles is 1. The van der Waals surface area contributed by atoms with Crippen LogP contribution >= 0.6 is 0 Å². The van der Waals surface area contributed by atoms with E-state index in [-0.39, 0.29) is 35.1 Å². The van der Waals surface area contributed by atoms with Crippen LogP contribution in [0.2, 0.25) is 0 Å². The average molecular weight is 562 g/mol. The van der Waals surface area contributed by atoms with Gasteiger partial charge in [-0.05, 0) is 25.0 Å². The summed E-state index contributed by atoms with van der Waals surface area (Å²) >= 11 is 0. The molecule has 5 rings (SSSR count). The van der Waals surface area contributed by atoms with E-state index in [1.54, 1.807) is 0 Å². The molecular formula is C24H22F4N8O4. The van der Waals surface area contributed by atoms with Crippen molar-refractivity contribution in [2.75, 3.05) is 25.9 Å². The van der Waals surface area contributed by atoms with Crippen LogP contribution in [0, 0.1) is 17.2 Å². The Bertz CT molecular complexity index is 1550. The molecule has 0 radical (unpaired) electrons. The number of halogens is 4. The lowest BCUT2D eigenvalue weighted by Gasteiger charge is -2.44. The van der Waals surface area contributed by atoms with Gasteiger partial charge in [0.1, 0.15) is 29.6 Å². The number of methoxy groups -OCH3 is 1. The monoisotopic (exact) mass is 562 g/mol. The van der Waals surface area contributed by atoms with Crippen molar-refractivity contribution in [3.05, 3.63) is 35.8 Å². The number of amides is 2. The van der Waals surface area contributed by atoms with E-state index in [9.17, 15) is 37.5 Å². The minimum absolute atomic E-state index is 0.1000. The molecule has 40 heavy (non-hydrogen) atoms. The lowest BCUT2D eigenvalue weighted by atomic mass is 9.70. The van der Waals surface area contributed by atoms with E-state index in [0.717, 1.165) is 4.90 Å². The van der Waals surface area contributed by atoms with Crippen LogP contribution in [-0.2, 0) is 4.79 Å². The van der Waals surface area contributed by atoms with Crippen LogP contribution in [-0.4, -0.2) is 85.6 Å². The molecule has 1 saturated heterocycles. The van der Waals surface area contributed by atoms with Crippen LogP contribution in [0.1, 0.15) is 28.8 Å². The number of pyridine rings is 1. The predicted octanol–water partition coefficient (Wildman–Crippen LogP) is 1.24. The van der Waals surface area contributed by atoms with Crippen molar-refractivity contribution in [1.82, 2.24) is 29.8 Å². The highest BCUT2D eigenvalue weighted by Gasteiger charge is 2.63. The number of rotatable bonds is 5. The van der Waals surface area contributed by atoms with Gasteiger partial charge in [0, 0.05) is 24.2 Å². The maximum Gasteiger partial charge on any atom is 0.417 e. The van der Waals surface area contributed by atoms with Crippen LogP contribution < -0.4 is 15.8 Å². The molecule has 1 saturated carbocycles. The van der Waals surface area contributed by atoms with E-state index in [1.807, 2.05) is 6.07 Å².